The van der Waals surface area contributed by atoms with Gasteiger partial charge in [-0.25, -0.2) is 4.79 Å². The van der Waals surface area contributed by atoms with Gasteiger partial charge >= 0.3 is 11.7 Å². The van der Waals surface area contributed by atoms with E-state index in [1.165, 1.54) is 4.57 Å². The molecule has 0 saturated heterocycles. The van der Waals surface area contributed by atoms with Crippen LogP contribution in [-0.2, 0) is 17.8 Å². The molecule has 0 fully saturated rings. The third-order valence-corrected chi connectivity index (χ3v) is 4.06. The van der Waals surface area contributed by atoms with Gasteiger partial charge in [0.15, 0.2) is 5.58 Å². The van der Waals surface area contributed by atoms with E-state index < -0.39 is 37.1 Å². The minimum Gasteiger partial charge on any atom is -0.481 e. The Balaban J connectivity index is 0.000000359. The Bertz CT molecular complexity index is 787. The number of oxazole rings is 1. The molecule has 0 aliphatic carbocycles. The van der Waals surface area contributed by atoms with Crippen molar-refractivity contribution in [1.29, 1.82) is 0 Å². The number of aromatic nitrogens is 1. The first-order valence-electron chi connectivity index (χ1n) is 7.86. The number of carbonyl (C=O) groups is 1. The quantitative estimate of drug-likeness (QED) is 0.439. The van der Waals surface area contributed by atoms with Crippen molar-refractivity contribution in [3.05, 3.63) is 33.3 Å². The molecule has 2 rings (SSSR count). The average molecular weight is 391 g/mol. The van der Waals surface area contributed by atoms with E-state index in [0.717, 1.165) is 12.0 Å². The minimum atomic E-state index is -1.21. The molecular weight excluding hydrogens is 368 g/mol. The maximum Gasteiger partial charge on any atom is 0.419 e. The molecule has 9 nitrogen and oxygen atoms in total. The molecule has 26 heavy (non-hydrogen) atoms. The van der Waals surface area contributed by atoms with Gasteiger partial charge in [-0.3, -0.25) is 9.36 Å². The summed E-state index contributed by atoms with van der Waals surface area (Å²) in [4.78, 5) is 22.2. The minimum absolute atomic E-state index is 0.0724. The lowest BCUT2D eigenvalue weighted by Crippen LogP contribution is -2.50. The van der Waals surface area contributed by atoms with E-state index in [9.17, 15) is 9.59 Å². The van der Waals surface area contributed by atoms with Crippen LogP contribution in [0.2, 0.25) is 5.02 Å². The van der Waals surface area contributed by atoms with Crippen LogP contribution in [0.4, 0.5) is 0 Å². The smallest absolute Gasteiger partial charge is 0.419 e. The van der Waals surface area contributed by atoms with E-state index >= 15 is 0 Å². The zero-order chi connectivity index (χ0) is 19.9. The standard InChI is InChI=1S/C12H12ClNO4.C4H11NO3/c1-2-7-5-10-9(6-8(7)13)14(12(17)18-10)4-3-11(15)16;5-4(1-6,2-7)3-8/h5-6H,2-4H2,1H3,(H,15,16);6-8H,1-3,5H2. The van der Waals surface area contributed by atoms with Crippen molar-refractivity contribution in [2.45, 2.75) is 31.8 Å². The first kappa shape index (κ1) is 22.1. The Morgan fingerprint density at radius 2 is 1.85 bits per heavy atom. The molecule has 0 unspecified atom stereocenters. The number of halogens is 1. The summed E-state index contributed by atoms with van der Waals surface area (Å²) in [5.41, 5.74) is 5.80. The highest BCUT2D eigenvalue weighted by molar-refractivity contribution is 6.32. The fourth-order valence-electron chi connectivity index (χ4n) is 1.97. The van der Waals surface area contributed by atoms with Crippen LogP contribution in [0.5, 0.6) is 0 Å². The average Bonchev–Trinajstić information content (AvgIpc) is 2.93. The van der Waals surface area contributed by atoms with E-state index in [4.69, 9.17) is 42.2 Å². The number of carboxylic acids is 1. The molecule has 0 aliphatic rings. The maximum absolute atomic E-state index is 11.6. The topological polar surface area (TPSA) is 159 Å². The first-order valence-corrected chi connectivity index (χ1v) is 8.24. The molecule has 6 N–H and O–H groups in total. The molecule has 1 heterocycles. The second-order valence-electron chi connectivity index (χ2n) is 5.76. The maximum atomic E-state index is 11.6. The second kappa shape index (κ2) is 9.70. The zero-order valence-electron chi connectivity index (χ0n) is 14.3. The number of carboxylic acid groups (broad SMARTS) is 1. The molecule has 0 aliphatic heterocycles. The van der Waals surface area contributed by atoms with Crippen LogP contribution < -0.4 is 11.5 Å². The molecule has 0 saturated carbocycles. The molecule has 0 spiro atoms. The number of hydrogen-bond donors (Lipinski definition) is 5. The van der Waals surface area contributed by atoms with Gasteiger partial charge in [-0.2, -0.15) is 0 Å². The molecular formula is C16H23ClN2O7. The number of nitrogens with two attached hydrogens (primary N) is 1. The number of aliphatic hydroxyl groups is 3. The van der Waals surface area contributed by atoms with E-state index in [0.29, 0.717) is 16.1 Å². The van der Waals surface area contributed by atoms with Gasteiger partial charge in [-0.1, -0.05) is 18.5 Å². The Kier molecular flexibility index (Phi) is 8.25. The predicted molar refractivity (Wildman–Crippen MR) is 95.3 cm³/mol. The molecule has 2 aromatic rings. The van der Waals surface area contributed by atoms with E-state index in [1.54, 1.807) is 12.1 Å². The third kappa shape index (κ3) is 5.55. The first-order chi connectivity index (χ1) is 12.2. The molecule has 10 heteroatoms. The van der Waals surface area contributed by atoms with Gasteiger partial charge in [0.2, 0.25) is 0 Å². The van der Waals surface area contributed by atoms with Crippen LogP contribution >= 0.6 is 11.6 Å². The highest BCUT2D eigenvalue weighted by atomic mass is 35.5. The normalized spacial score (nSPS) is 11.3. The fraction of sp³-hybridized carbons (Fsp3) is 0.500. The monoisotopic (exact) mass is 390 g/mol. The Morgan fingerprint density at radius 3 is 2.27 bits per heavy atom. The van der Waals surface area contributed by atoms with Crippen LogP contribution in [0.25, 0.3) is 11.1 Å². The summed E-state index contributed by atoms with van der Waals surface area (Å²) in [6, 6.07) is 3.36. The molecule has 0 radical (unpaired) electrons. The van der Waals surface area contributed by atoms with Crippen molar-refractivity contribution in [3.8, 4) is 0 Å². The summed E-state index contributed by atoms with van der Waals surface area (Å²) in [7, 11) is 0. The van der Waals surface area contributed by atoms with E-state index in [-0.39, 0.29) is 13.0 Å². The lowest BCUT2D eigenvalue weighted by Gasteiger charge is -2.20. The number of rotatable bonds is 7. The summed E-state index contributed by atoms with van der Waals surface area (Å²) in [6.45, 7) is 0.815. The summed E-state index contributed by atoms with van der Waals surface area (Å²) in [5.74, 6) is -1.52. The number of benzene rings is 1. The SMILES string of the molecule is CCc1cc2oc(=O)n(CCC(=O)O)c2cc1Cl.NC(CO)(CO)CO. The number of aliphatic hydroxyl groups excluding tert-OH is 3. The second-order valence-corrected chi connectivity index (χ2v) is 6.17. The largest absolute Gasteiger partial charge is 0.481 e. The van der Waals surface area contributed by atoms with Crippen molar-refractivity contribution >= 4 is 28.7 Å². The highest BCUT2D eigenvalue weighted by Crippen LogP contribution is 2.24. The van der Waals surface area contributed by atoms with Gasteiger partial charge in [-0.15, -0.1) is 0 Å². The fourth-order valence-corrected chi connectivity index (χ4v) is 2.26. The summed E-state index contributed by atoms with van der Waals surface area (Å²) in [6.07, 6.45) is 0.598. The molecule has 0 atom stereocenters. The predicted octanol–water partition coefficient (Wildman–Crippen LogP) is -0.0542. The number of aryl methyl sites for hydroxylation is 2. The van der Waals surface area contributed by atoms with Gasteiger partial charge in [0.25, 0.3) is 0 Å². The van der Waals surface area contributed by atoms with Crippen molar-refractivity contribution in [3.63, 3.8) is 0 Å². The van der Waals surface area contributed by atoms with Gasteiger partial charge in [-0.05, 0) is 24.1 Å². The Hall–Kier alpha value is -1.91. The highest BCUT2D eigenvalue weighted by Gasteiger charge is 2.20. The lowest BCUT2D eigenvalue weighted by molar-refractivity contribution is -0.137. The summed E-state index contributed by atoms with van der Waals surface area (Å²) >= 11 is 6.07. The van der Waals surface area contributed by atoms with Gasteiger partial charge < -0.3 is 30.6 Å². The number of aliphatic carboxylic acids is 1. The van der Waals surface area contributed by atoms with E-state index in [1.807, 2.05) is 6.92 Å². The van der Waals surface area contributed by atoms with Crippen molar-refractivity contribution < 1.29 is 29.6 Å². The lowest BCUT2D eigenvalue weighted by atomic mass is 10.1. The Morgan fingerprint density at radius 1 is 1.27 bits per heavy atom. The van der Waals surface area contributed by atoms with E-state index in [2.05, 4.69) is 0 Å². The van der Waals surface area contributed by atoms with Crippen molar-refractivity contribution in [2.75, 3.05) is 19.8 Å². The summed E-state index contributed by atoms with van der Waals surface area (Å²) < 4.78 is 6.37. The molecule has 0 bridgehead atoms. The Labute approximate surface area is 154 Å². The number of fused-ring (bicyclic) bond motifs is 1. The van der Waals surface area contributed by atoms with Crippen LogP contribution in [0.3, 0.4) is 0 Å². The zero-order valence-corrected chi connectivity index (χ0v) is 15.1. The van der Waals surface area contributed by atoms with Gasteiger partial charge in [0.05, 0.1) is 37.3 Å². The third-order valence-electron chi connectivity index (χ3n) is 3.71. The number of hydrogen-bond acceptors (Lipinski definition) is 7. The molecule has 146 valence electrons. The van der Waals surface area contributed by atoms with Crippen LogP contribution in [-0.4, -0.2) is 56.3 Å². The molecule has 0 amide bonds. The van der Waals surface area contributed by atoms with Crippen molar-refractivity contribution in [2.24, 2.45) is 5.73 Å². The van der Waals surface area contributed by atoms with Crippen LogP contribution in [0, 0.1) is 0 Å². The van der Waals surface area contributed by atoms with Gasteiger partial charge in [0.1, 0.15) is 0 Å². The van der Waals surface area contributed by atoms with Crippen molar-refractivity contribution in [1.82, 2.24) is 4.57 Å². The molecule has 1 aromatic carbocycles. The van der Waals surface area contributed by atoms with Crippen LogP contribution in [0.15, 0.2) is 21.3 Å². The van der Waals surface area contributed by atoms with Crippen LogP contribution in [0.1, 0.15) is 18.9 Å². The van der Waals surface area contributed by atoms with Gasteiger partial charge in [0, 0.05) is 11.6 Å². The number of nitrogens with zero attached hydrogens (tertiary/aromatic N) is 1. The summed E-state index contributed by atoms with van der Waals surface area (Å²) in [5, 5.41) is 34.2. The molecule has 1 aromatic heterocycles.